The van der Waals surface area contributed by atoms with Crippen LogP contribution in [0.2, 0.25) is 0 Å². The van der Waals surface area contributed by atoms with Crippen LogP contribution in [0.1, 0.15) is 15.9 Å². The first kappa shape index (κ1) is 10.5. The predicted molar refractivity (Wildman–Crippen MR) is 54.6 cm³/mol. The Morgan fingerprint density at radius 1 is 1.64 bits per heavy atom. The van der Waals surface area contributed by atoms with Gasteiger partial charge < -0.3 is 10.5 Å². The van der Waals surface area contributed by atoms with Crippen molar-refractivity contribution in [2.24, 2.45) is 0 Å². The van der Waals surface area contributed by atoms with Crippen molar-refractivity contribution in [3.8, 4) is 6.07 Å². The molecule has 0 atom stereocenters. The highest BCUT2D eigenvalue weighted by Gasteiger charge is 2.12. The third kappa shape index (κ3) is 1.86. The first-order chi connectivity index (χ1) is 6.60. The quantitative estimate of drug-likeness (QED) is 0.611. The molecule has 0 spiro atoms. The maximum Gasteiger partial charge on any atom is 0.339 e. The fraction of sp³-hybridized carbons (Fsp3) is 0.111. The molecule has 0 aliphatic heterocycles. The number of carbonyl (C=O) groups is 1. The fourth-order valence-electron chi connectivity index (χ4n) is 0.953. The molecule has 0 aliphatic carbocycles. The van der Waals surface area contributed by atoms with Crippen molar-refractivity contribution < 1.29 is 9.53 Å². The van der Waals surface area contributed by atoms with Crippen LogP contribution in [0.15, 0.2) is 16.6 Å². The fourth-order valence-corrected chi connectivity index (χ4v) is 1.46. The van der Waals surface area contributed by atoms with E-state index in [4.69, 9.17) is 11.0 Å². The summed E-state index contributed by atoms with van der Waals surface area (Å²) in [6.45, 7) is 0. The van der Waals surface area contributed by atoms with Gasteiger partial charge in [0.1, 0.15) is 6.07 Å². The molecule has 1 rings (SSSR count). The van der Waals surface area contributed by atoms with Gasteiger partial charge in [0.05, 0.1) is 23.9 Å². The second kappa shape index (κ2) is 4.11. The third-order valence-corrected chi connectivity index (χ3v) is 2.32. The first-order valence-corrected chi connectivity index (χ1v) is 4.47. The molecule has 5 heteroatoms. The van der Waals surface area contributed by atoms with Crippen LogP contribution in [0.25, 0.3) is 0 Å². The molecule has 0 bridgehead atoms. The molecule has 0 saturated carbocycles. The van der Waals surface area contributed by atoms with Gasteiger partial charge in [0.2, 0.25) is 0 Å². The lowest BCUT2D eigenvalue weighted by molar-refractivity contribution is 0.0600. The number of hydrogen-bond donors (Lipinski definition) is 1. The van der Waals surface area contributed by atoms with Crippen molar-refractivity contribution in [3.05, 3.63) is 27.7 Å². The summed E-state index contributed by atoms with van der Waals surface area (Å²) in [6.07, 6.45) is 0. The van der Waals surface area contributed by atoms with E-state index in [-0.39, 0.29) is 5.69 Å². The minimum Gasteiger partial charge on any atom is -0.465 e. The number of hydrogen-bond acceptors (Lipinski definition) is 4. The number of nitrogens with zero attached hydrogens (tertiary/aromatic N) is 1. The molecule has 2 N–H and O–H groups in total. The van der Waals surface area contributed by atoms with Crippen LogP contribution in [0.5, 0.6) is 0 Å². The Kier molecular flexibility index (Phi) is 3.10. The molecule has 0 aromatic heterocycles. The van der Waals surface area contributed by atoms with Crippen LogP contribution in [0.4, 0.5) is 5.69 Å². The van der Waals surface area contributed by atoms with Gasteiger partial charge in [-0.05, 0) is 28.1 Å². The SMILES string of the molecule is COC(=O)c1cc(N)c(C#N)cc1Br. The Morgan fingerprint density at radius 3 is 2.79 bits per heavy atom. The lowest BCUT2D eigenvalue weighted by Gasteiger charge is -2.04. The highest BCUT2D eigenvalue weighted by Crippen LogP contribution is 2.23. The van der Waals surface area contributed by atoms with Gasteiger partial charge in [-0.25, -0.2) is 4.79 Å². The van der Waals surface area contributed by atoms with Gasteiger partial charge >= 0.3 is 5.97 Å². The normalized spacial score (nSPS) is 9.21. The van der Waals surface area contributed by atoms with Crippen molar-refractivity contribution in [2.45, 2.75) is 0 Å². The zero-order valence-corrected chi connectivity index (χ0v) is 8.96. The zero-order valence-electron chi connectivity index (χ0n) is 7.37. The number of nitrogens with two attached hydrogens (primary N) is 1. The number of ether oxygens (including phenoxy) is 1. The molecule has 0 radical (unpaired) electrons. The van der Waals surface area contributed by atoms with Crippen LogP contribution < -0.4 is 5.73 Å². The standard InChI is InChI=1S/C9H7BrN2O2/c1-14-9(13)6-3-8(12)5(4-11)2-7(6)10/h2-3H,12H2,1H3. The topological polar surface area (TPSA) is 76.1 Å². The van der Waals surface area contributed by atoms with Gasteiger partial charge in [-0.15, -0.1) is 0 Å². The first-order valence-electron chi connectivity index (χ1n) is 3.67. The van der Waals surface area contributed by atoms with Crippen LogP contribution in [0, 0.1) is 11.3 Å². The maximum absolute atomic E-state index is 11.2. The van der Waals surface area contributed by atoms with Gasteiger partial charge in [-0.1, -0.05) is 0 Å². The zero-order chi connectivity index (χ0) is 10.7. The molecule has 0 aliphatic rings. The van der Waals surface area contributed by atoms with E-state index in [0.717, 1.165) is 0 Å². The molecule has 0 unspecified atom stereocenters. The average Bonchev–Trinajstić information content (AvgIpc) is 2.19. The summed E-state index contributed by atoms with van der Waals surface area (Å²) in [7, 11) is 1.28. The number of rotatable bonds is 1. The van der Waals surface area contributed by atoms with Crippen LogP contribution in [0.3, 0.4) is 0 Å². The van der Waals surface area contributed by atoms with Gasteiger partial charge in [-0.3, -0.25) is 0 Å². The van der Waals surface area contributed by atoms with E-state index < -0.39 is 5.97 Å². The highest BCUT2D eigenvalue weighted by atomic mass is 79.9. The third-order valence-electron chi connectivity index (χ3n) is 1.66. The van der Waals surface area contributed by atoms with Crippen molar-refractivity contribution in [1.29, 1.82) is 5.26 Å². The predicted octanol–water partition coefficient (Wildman–Crippen LogP) is 1.69. The van der Waals surface area contributed by atoms with Crippen molar-refractivity contribution in [3.63, 3.8) is 0 Å². The summed E-state index contributed by atoms with van der Waals surface area (Å²) < 4.78 is 5.03. The van der Waals surface area contributed by atoms with E-state index in [1.54, 1.807) is 0 Å². The Morgan fingerprint density at radius 2 is 2.29 bits per heavy atom. The molecule has 1 aromatic rings. The van der Waals surface area contributed by atoms with Gasteiger partial charge in [0.25, 0.3) is 0 Å². The second-order valence-electron chi connectivity index (χ2n) is 2.52. The minimum absolute atomic E-state index is 0.260. The summed E-state index contributed by atoms with van der Waals surface area (Å²) in [6, 6.07) is 4.81. The maximum atomic E-state index is 11.2. The van der Waals surface area contributed by atoms with E-state index in [2.05, 4.69) is 20.7 Å². The Balaban J connectivity index is 3.30. The molecule has 1 aromatic carbocycles. The van der Waals surface area contributed by atoms with Gasteiger partial charge in [-0.2, -0.15) is 5.26 Å². The largest absolute Gasteiger partial charge is 0.465 e. The summed E-state index contributed by atoms with van der Waals surface area (Å²) in [5, 5.41) is 8.66. The number of halogens is 1. The van der Waals surface area contributed by atoms with Crippen LogP contribution in [-0.2, 0) is 4.74 Å². The second-order valence-corrected chi connectivity index (χ2v) is 3.38. The van der Waals surface area contributed by atoms with E-state index in [9.17, 15) is 4.79 Å². The van der Waals surface area contributed by atoms with Crippen molar-refractivity contribution in [1.82, 2.24) is 0 Å². The molecule has 14 heavy (non-hydrogen) atoms. The summed E-state index contributed by atoms with van der Waals surface area (Å²) in [5.74, 6) is -0.493. The molecule has 0 fully saturated rings. The summed E-state index contributed by atoms with van der Waals surface area (Å²) in [5.41, 5.74) is 6.44. The number of methoxy groups -OCH3 is 1. The van der Waals surface area contributed by atoms with Crippen molar-refractivity contribution in [2.75, 3.05) is 12.8 Å². The van der Waals surface area contributed by atoms with Crippen LogP contribution >= 0.6 is 15.9 Å². The molecule has 72 valence electrons. The lowest BCUT2D eigenvalue weighted by Crippen LogP contribution is -2.04. The molecular weight excluding hydrogens is 248 g/mol. The number of carbonyl (C=O) groups excluding carboxylic acids is 1. The van der Waals surface area contributed by atoms with E-state index in [1.807, 2.05) is 6.07 Å². The number of nitriles is 1. The minimum atomic E-state index is -0.493. The molecule has 0 amide bonds. The number of benzene rings is 1. The monoisotopic (exact) mass is 254 g/mol. The summed E-state index contributed by atoms with van der Waals surface area (Å²) >= 11 is 3.16. The van der Waals surface area contributed by atoms with Gasteiger partial charge in [0.15, 0.2) is 0 Å². The molecular formula is C9H7BrN2O2. The number of anilines is 1. The lowest BCUT2D eigenvalue weighted by atomic mass is 10.1. The number of nitrogen functional groups attached to an aromatic ring is 1. The smallest absolute Gasteiger partial charge is 0.339 e. The molecule has 0 saturated heterocycles. The van der Waals surface area contributed by atoms with Gasteiger partial charge in [0, 0.05) is 4.47 Å². The molecule has 4 nitrogen and oxygen atoms in total. The van der Waals surface area contributed by atoms with Crippen molar-refractivity contribution >= 4 is 27.6 Å². The Labute approximate surface area is 89.4 Å². The molecule has 0 heterocycles. The van der Waals surface area contributed by atoms with E-state index in [0.29, 0.717) is 15.6 Å². The van der Waals surface area contributed by atoms with Crippen LogP contribution in [-0.4, -0.2) is 13.1 Å². The number of esters is 1. The average molecular weight is 255 g/mol. The van der Waals surface area contributed by atoms with E-state index >= 15 is 0 Å². The Bertz CT molecular complexity index is 424. The summed E-state index contributed by atoms with van der Waals surface area (Å²) in [4.78, 5) is 11.2. The highest BCUT2D eigenvalue weighted by molar-refractivity contribution is 9.10. The Hall–Kier alpha value is -1.54. The van der Waals surface area contributed by atoms with E-state index in [1.165, 1.54) is 19.2 Å².